The van der Waals surface area contributed by atoms with Gasteiger partial charge in [-0.25, -0.2) is 0 Å². The molecule has 0 bridgehead atoms. The minimum atomic E-state index is 0.0166. The number of hydrogen-bond acceptors (Lipinski definition) is 3. The second kappa shape index (κ2) is 7.87. The number of benzene rings is 1. The highest BCUT2D eigenvalue weighted by Gasteiger charge is 2.40. The number of rotatable bonds is 5. The van der Waals surface area contributed by atoms with E-state index in [2.05, 4.69) is 64.8 Å². The number of pyridine rings is 1. The molecule has 0 unspecified atom stereocenters. The Bertz CT molecular complexity index is 1030. The van der Waals surface area contributed by atoms with Gasteiger partial charge in [-0.2, -0.15) is 0 Å². The van der Waals surface area contributed by atoms with Crippen LogP contribution in [0.1, 0.15) is 41.7 Å². The molecule has 1 aliphatic rings. The summed E-state index contributed by atoms with van der Waals surface area (Å²) < 4.78 is 7.71. The molecule has 0 aliphatic carbocycles. The molecule has 6 heteroatoms. The predicted octanol–water partition coefficient (Wildman–Crippen LogP) is 4.49. The van der Waals surface area contributed by atoms with Gasteiger partial charge in [0.1, 0.15) is 5.75 Å². The number of hydrogen-bond donors (Lipinski definition) is 1. The summed E-state index contributed by atoms with van der Waals surface area (Å²) in [5, 5.41) is 4.28. The Hall–Kier alpha value is -2.86. The first-order valence-corrected chi connectivity index (χ1v) is 10.3. The molecule has 4 rings (SSSR count). The zero-order valence-corrected chi connectivity index (χ0v) is 18.0. The Balaban J connectivity index is 1.83. The monoisotopic (exact) mass is 406 g/mol. The van der Waals surface area contributed by atoms with E-state index in [1.807, 2.05) is 30.5 Å². The van der Waals surface area contributed by atoms with Crippen LogP contribution in [0, 0.1) is 13.8 Å². The van der Waals surface area contributed by atoms with Crippen LogP contribution >= 0.6 is 12.2 Å². The number of methoxy groups -OCH3 is 1. The van der Waals surface area contributed by atoms with E-state index in [9.17, 15) is 0 Å². The Kier molecular flexibility index (Phi) is 5.28. The third kappa shape index (κ3) is 3.38. The van der Waals surface area contributed by atoms with Gasteiger partial charge in [-0.1, -0.05) is 12.1 Å². The Morgan fingerprint density at radius 2 is 1.97 bits per heavy atom. The van der Waals surface area contributed by atoms with Gasteiger partial charge in [0, 0.05) is 35.9 Å². The van der Waals surface area contributed by atoms with Crippen molar-refractivity contribution >= 4 is 17.3 Å². The fourth-order valence-corrected chi connectivity index (χ4v) is 4.69. The van der Waals surface area contributed by atoms with E-state index in [-0.39, 0.29) is 12.1 Å². The van der Waals surface area contributed by atoms with Gasteiger partial charge in [0.05, 0.1) is 24.9 Å². The maximum Gasteiger partial charge on any atom is 0.170 e. The van der Waals surface area contributed by atoms with Crippen LogP contribution in [0.15, 0.2) is 54.7 Å². The van der Waals surface area contributed by atoms with Gasteiger partial charge in [0.2, 0.25) is 0 Å². The van der Waals surface area contributed by atoms with Crippen LogP contribution in [-0.4, -0.2) is 33.2 Å². The van der Waals surface area contributed by atoms with Gasteiger partial charge in [-0.3, -0.25) is 4.98 Å². The number of ether oxygens (including phenoxy) is 1. The molecule has 5 nitrogen and oxygen atoms in total. The van der Waals surface area contributed by atoms with Gasteiger partial charge < -0.3 is 19.5 Å². The van der Waals surface area contributed by atoms with Crippen LogP contribution in [0.4, 0.5) is 0 Å². The van der Waals surface area contributed by atoms with E-state index in [0.717, 1.165) is 28.8 Å². The zero-order valence-electron chi connectivity index (χ0n) is 17.2. The minimum Gasteiger partial charge on any atom is -0.497 e. The van der Waals surface area contributed by atoms with Crippen molar-refractivity contribution in [3.05, 3.63) is 77.4 Å². The summed E-state index contributed by atoms with van der Waals surface area (Å²) in [7, 11) is 1.70. The summed E-state index contributed by atoms with van der Waals surface area (Å²) >= 11 is 5.67. The molecule has 0 spiro atoms. The largest absolute Gasteiger partial charge is 0.497 e. The highest BCUT2D eigenvalue weighted by molar-refractivity contribution is 7.80. The molecule has 0 radical (unpaired) electrons. The lowest BCUT2D eigenvalue weighted by molar-refractivity contribution is 0.329. The first kappa shape index (κ1) is 19.5. The molecule has 3 heterocycles. The van der Waals surface area contributed by atoms with Crippen molar-refractivity contribution < 1.29 is 4.74 Å². The average Bonchev–Trinajstić information content (AvgIpc) is 3.23. The van der Waals surface area contributed by atoms with E-state index in [1.165, 1.54) is 17.0 Å². The molecule has 1 aliphatic heterocycles. The van der Waals surface area contributed by atoms with Crippen LogP contribution in [-0.2, 0) is 0 Å². The second-order valence-electron chi connectivity index (χ2n) is 7.28. The van der Waals surface area contributed by atoms with Gasteiger partial charge in [0.15, 0.2) is 5.11 Å². The first-order valence-electron chi connectivity index (χ1n) is 9.86. The number of thiocarbonyl (C=S) groups is 1. The Labute approximate surface area is 177 Å². The summed E-state index contributed by atoms with van der Waals surface area (Å²) in [6.45, 7) is 7.29. The molecular weight excluding hydrogens is 380 g/mol. The Morgan fingerprint density at radius 1 is 1.14 bits per heavy atom. The quantitative estimate of drug-likeness (QED) is 0.633. The van der Waals surface area contributed by atoms with Gasteiger partial charge in [-0.15, -0.1) is 0 Å². The highest BCUT2D eigenvalue weighted by atomic mass is 32.1. The number of aryl methyl sites for hydroxylation is 1. The number of nitrogens with one attached hydrogen (secondary N) is 1. The molecule has 1 fully saturated rings. The normalized spacial score (nSPS) is 18.8. The summed E-state index contributed by atoms with van der Waals surface area (Å²) in [4.78, 5) is 6.86. The van der Waals surface area contributed by atoms with Crippen molar-refractivity contribution in [2.24, 2.45) is 0 Å². The lowest BCUT2D eigenvalue weighted by Gasteiger charge is -2.27. The van der Waals surface area contributed by atoms with Crippen molar-refractivity contribution in [3.63, 3.8) is 0 Å². The molecule has 0 amide bonds. The molecular formula is C23H26N4OS. The topological polar surface area (TPSA) is 42.3 Å². The third-order valence-electron chi connectivity index (χ3n) is 5.64. The third-order valence-corrected chi connectivity index (χ3v) is 5.99. The summed E-state index contributed by atoms with van der Waals surface area (Å²) in [6, 6.07) is 16.6. The fourth-order valence-electron chi connectivity index (χ4n) is 4.32. The SMILES string of the molecule is CCN1C(=S)N[C@@H](c2ccccn2)[C@@H]1c1cc(C)n(-c2cccc(OC)c2)c1C. The molecule has 1 N–H and O–H groups in total. The Morgan fingerprint density at radius 3 is 2.66 bits per heavy atom. The molecule has 150 valence electrons. The fraction of sp³-hybridized carbons (Fsp3) is 0.304. The van der Waals surface area contributed by atoms with Crippen molar-refractivity contribution in [1.29, 1.82) is 0 Å². The lowest BCUT2D eigenvalue weighted by Crippen LogP contribution is -2.29. The van der Waals surface area contributed by atoms with Crippen molar-refractivity contribution in [1.82, 2.24) is 19.8 Å². The molecule has 29 heavy (non-hydrogen) atoms. The first-order chi connectivity index (χ1) is 14.0. The highest BCUT2D eigenvalue weighted by Crippen LogP contribution is 2.41. The van der Waals surface area contributed by atoms with Crippen molar-refractivity contribution in [2.45, 2.75) is 32.9 Å². The summed E-state index contributed by atoms with van der Waals surface area (Å²) in [5.74, 6) is 0.849. The number of nitrogens with zero attached hydrogens (tertiary/aromatic N) is 3. The average molecular weight is 407 g/mol. The van der Waals surface area contributed by atoms with Gasteiger partial charge in [-0.05, 0) is 68.9 Å². The zero-order chi connectivity index (χ0) is 20.5. The predicted molar refractivity (Wildman–Crippen MR) is 120 cm³/mol. The summed E-state index contributed by atoms with van der Waals surface area (Å²) in [5.41, 5.74) is 5.74. The van der Waals surface area contributed by atoms with Crippen LogP contribution in [0.5, 0.6) is 5.75 Å². The van der Waals surface area contributed by atoms with Gasteiger partial charge >= 0.3 is 0 Å². The lowest BCUT2D eigenvalue weighted by atomic mass is 9.97. The van der Waals surface area contributed by atoms with E-state index in [0.29, 0.717) is 0 Å². The minimum absolute atomic E-state index is 0.0166. The van der Waals surface area contributed by atoms with E-state index in [1.54, 1.807) is 7.11 Å². The van der Waals surface area contributed by atoms with Crippen LogP contribution in [0.25, 0.3) is 5.69 Å². The van der Waals surface area contributed by atoms with E-state index >= 15 is 0 Å². The van der Waals surface area contributed by atoms with Crippen molar-refractivity contribution in [2.75, 3.05) is 13.7 Å². The van der Waals surface area contributed by atoms with Gasteiger partial charge in [0.25, 0.3) is 0 Å². The number of likely N-dealkylation sites (N-methyl/N-ethyl adjacent to an activating group) is 1. The van der Waals surface area contributed by atoms with Crippen LogP contribution in [0.3, 0.4) is 0 Å². The second-order valence-corrected chi connectivity index (χ2v) is 7.66. The molecule has 2 atom stereocenters. The van der Waals surface area contributed by atoms with Crippen LogP contribution in [0.2, 0.25) is 0 Å². The van der Waals surface area contributed by atoms with Crippen LogP contribution < -0.4 is 10.1 Å². The molecule has 2 aromatic heterocycles. The van der Waals surface area contributed by atoms with E-state index in [4.69, 9.17) is 17.0 Å². The summed E-state index contributed by atoms with van der Waals surface area (Å²) in [6.07, 6.45) is 1.84. The standard InChI is InChI=1S/C23H26N4OS/c1-5-26-22(21(25-23(26)29)20-11-6-7-12-24-20)19-13-15(2)27(16(19)3)17-9-8-10-18(14-17)28-4/h6-14,21-22H,5H2,1-4H3,(H,25,29)/t21-,22-/m0/s1. The smallest absolute Gasteiger partial charge is 0.170 e. The molecule has 1 aromatic carbocycles. The van der Waals surface area contributed by atoms with Crippen molar-refractivity contribution in [3.8, 4) is 11.4 Å². The maximum atomic E-state index is 5.67. The van der Waals surface area contributed by atoms with E-state index < -0.39 is 0 Å². The molecule has 0 saturated carbocycles. The maximum absolute atomic E-state index is 5.67. The molecule has 3 aromatic rings. The number of aromatic nitrogens is 2. The molecule has 1 saturated heterocycles.